The Morgan fingerprint density at radius 1 is 1.13 bits per heavy atom. The average molecular weight is 309 g/mol. The lowest BCUT2D eigenvalue weighted by molar-refractivity contribution is -0.121. The fourth-order valence-electron chi connectivity index (χ4n) is 2.54. The zero-order chi connectivity index (χ0) is 16.1. The molecule has 0 bridgehead atoms. The lowest BCUT2D eigenvalue weighted by Gasteiger charge is -2.10. The van der Waals surface area contributed by atoms with E-state index in [-0.39, 0.29) is 12.5 Å². The second kappa shape index (κ2) is 7.07. The summed E-state index contributed by atoms with van der Waals surface area (Å²) in [4.78, 5) is 16.8. The topological polar surface area (TPSA) is 56.2 Å². The number of para-hydroxylation sites is 2. The SMILES string of the molecule is COCc1nc2ccccc2n1CC(=O)NCc1ccccc1. The van der Waals surface area contributed by atoms with E-state index in [1.807, 2.05) is 59.2 Å². The highest BCUT2D eigenvalue weighted by Gasteiger charge is 2.13. The van der Waals surface area contributed by atoms with Crippen LogP contribution in [0.2, 0.25) is 0 Å². The first-order valence-electron chi connectivity index (χ1n) is 7.51. The highest BCUT2D eigenvalue weighted by atomic mass is 16.5. The molecule has 0 fully saturated rings. The van der Waals surface area contributed by atoms with Crippen molar-refractivity contribution in [1.82, 2.24) is 14.9 Å². The Labute approximate surface area is 134 Å². The predicted octanol–water partition coefficient (Wildman–Crippen LogP) is 2.50. The van der Waals surface area contributed by atoms with Crippen LogP contribution in [0.5, 0.6) is 0 Å². The molecule has 1 N–H and O–H groups in total. The zero-order valence-corrected chi connectivity index (χ0v) is 13.0. The maximum Gasteiger partial charge on any atom is 0.240 e. The van der Waals surface area contributed by atoms with Gasteiger partial charge >= 0.3 is 0 Å². The number of fused-ring (bicyclic) bond motifs is 1. The van der Waals surface area contributed by atoms with Crippen LogP contribution in [0, 0.1) is 0 Å². The summed E-state index contributed by atoms with van der Waals surface area (Å²) in [6, 6.07) is 17.6. The number of nitrogens with zero attached hydrogens (tertiary/aromatic N) is 2. The molecule has 0 radical (unpaired) electrons. The van der Waals surface area contributed by atoms with E-state index in [4.69, 9.17) is 4.74 Å². The summed E-state index contributed by atoms with van der Waals surface area (Å²) in [7, 11) is 1.62. The van der Waals surface area contributed by atoms with Gasteiger partial charge in [0.2, 0.25) is 5.91 Å². The lowest BCUT2D eigenvalue weighted by Crippen LogP contribution is -2.27. The van der Waals surface area contributed by atoms with Gasteiger partial charge in [-0.2, -0.15) is 0 Å². The number of imidazole rings is 1. The molecule has 0 atom stereocenters. The molecule has 0 saturated heterocycles. The third kappa shape index (κ3) is 3.57. The summed E-state index contributed by atoms with van der Waals surface area (Å²) in [6.07, 6.45) is 0. The van der Waals surface area contributed by atoms with E-state index in [9.17, 15) is 4.79 Å². The van der Waals surface area contributed by atoms with Crippen molar-refractivity contribution in [2.24, 2.45) is 0 Å². The molecule has 2 aromatic carbocycles. The van der Waals surface area contributed by atoms with Crippen LogP contribution in [0.4, 0.5) is 0 Å². The van der Waals surface area contributed by atoms with Gasteiger partial charge in [-0.1, -0.05) is 42.5 Å². The molecule has 0 aliphatic carbocycles. The van der Waals surface area contributed by atoms with E-state index >= 15 is 0 Å². The predicted molar refractivity (Wildman–Crippen MR) is 88.7 cm³/mol. The minimum atomic E-state index is -0.0469. The quantitative estimate of drug-likeness (QED) is 0.761. The molecule has 23 heavy (non-hydrogen) atoms. The minimum absolute atomic E-state index is 0.0469. The van der Waals surface area contributed by atoms with Gasteiger partial charge in [-0.05, 0) is 17.7 Å². The van der Waals surface area contributed by atoms with Gasteiger partial charge in [0.05, 0.1) is 11.0 Å². The molecule has 0 saturated carbocycles. The maximum absolute atomic E-state index is 12.3. The first-order valence-corrected chi connectivity index (χ1v) is 7.51. The molecule has 1 heterocycles. The fourth-order valence-corrected chi connectivity index (χ4v) is 2.54. The first kappa shape index (κ1) is 15.2. The van der Waals surface area contributed by atoms with Gasteiger partial charge in [0.25, 0.3) is 0 Å². The molecule has 5 heteroatoms. The number of ether oxygens (including phenoxy) is 1. The molecular formula is C18H19N3O2. The summed E-state index contributed by atoms with van der Waals surface area (Å²) in [5.41, 5.74) is 2.89. The van der Waals surface area contributed by atoms with Crippen molar-refractivity contribution in [2.75, 3.05) is 7.11 Å². The molecule has 3 aromatic rings. The van der Waals surface area contributed by atoms with E-state index < -0.39 is 0 Å². The average Bonchev–Trinajstić information content (AvgIpc) is 2.92. The van der Waals surface area contributed by atoms with Gasteiger partial charge in [0.15, 0.2) is 0 Å². The van der Waals surface area contributed by atoms with Crippen LogP contribution in [0.3, 0.4) is 0 Å². The summed E-state index contributed by atoms with van der Waals surface area (Å²) in [6.45, 7) is 1.12. The van der Waals surface area contributed by atoms with Gasteiger partial charge in [0.1, 0.15) is 19.0 Å². The van der Waals surface area contributed by atoms with Gasteiger partial charge in [-0.25, -0.2) is 4.98 Å². The number of amides is 1. The molecule has 0 unspecified atom stereocenters. The summed E-state index contributed by atoms with van der Waals surface area (Å²) in [5.74, 6) is 0.706. The number of hydrogen-bond donors (Lipinski definition) is 1. The van der Waals surface area contributed by atoms with Crippen LogP contribution in [-0.4, -0.2) is 22.6 Å². The molecular weight excluding hydrogens is 290 g/mol. The number of rotatable bonds is 6. The monoisotopic (exact) mass is 309 g/mol. The molecule has 0 aliphatic rings. The van der Waals surface area contributed by atoms with Gasteiger partial charge in [-0.3, -0.25) is 4.79 Å². The number of nitrogens with one attached hydrogen (secondary N) is 1. The number of carbonyl (C=O) groups is 1. The van der Waals surface area contributed by atoms with Crippen molar-refractivity contribution >= 4 is 16.9 Å². The van der Waals surface area contributed by atoms with E-state index in [1.165, 1.54) is 0 Å². The number of methoxy groups -OCH3 is 1. The Morgan fingerprint density at radius 2 is 1.87 bits per heavy atom. The zero-order valence-electron chi connectivity index (χ0n) is 13.0. The number of aromatic nitrogens is 2. The molecule has 1 amide bonds. The molecule has 3 rings (SSSR count). The van der Waals surface area contributed by atoms with Crippen molar-refractivity contribution < 1.29 is 9.53 Å². The molecule has 0 spiro atoms. The molecule has 1 aromatic heterocycles. The summed E-state index contributed by atoms with van der Waals surface area (Å²) in [5, 5.41) is 2.94. The van der Waals surface area contributed by atoms with Gasteiger partial charge < -0.3 is 14.6 Å². The Kier molecular flexibility index (Phi) is 4.68. The minimum Gasteiger partial charge on any atom is -0.377 e. The molecule has 118 valence electrons. The Hall–Kier alpha value is -2.66. The van der Waals surface area contributed by atoms with Gasteiger partial charge in [-0.15, -0.1) is 0 Å². The smallest absolute Gasteiger partial charge is 0.240 e. The standard InChI is InChI=1S/C18H19N3O2/c1-23-13-17-20-15-9-5-6-10-16(15)21(17)12-18(22)19-11-14-7-3-2-4-8-14/h2-10H,11-13H2,1H3,(H,19,22). The Bertz CT molecular complexity index is 796. The van der Waals surface area contributed by atoms with Crippen molar-refractivity contribution in [2.45, 2.75) is 19.7 Å². The summed E-state index contributed by atoms with van der Waals surface area (Å²) < 4.78 is 7.10. The highest BCUT2D eigenvalue weighted by molar-refractivity contribution is 5.81. The van der Waals surface area contributed by atoms with E-state index in [2.05, 4.69) is 10.3 Å². The highest BCUT2D eigenvalue weighted by Crippen LogP contribution is 2.16. The van der Waals surface area contributed by atoms with Crippen LogP contribution < -0.4 is 5.32 Å². The Balaban J connectivity index is 1.74. The van der Waals surface area contributed by atoms with Crippen LogP contribution >= 0.6 is 0 Å². The van der Waals surface area contributed by atoms with Crippen molar-refractivity contribution in [1.29, 1.82) is 0 Å². The molecule has 5 nitrogen and oxygen atoms in total. The van der Waals surface area contributed by atoms with Crippen molar-refractivity contribution in [3.63, 3.8) is 0 Å². The fraction of sp³-hybridized carbons (Fsp3) is 0.222. The van der Waals surface area contributed by atoms with Crippen LogP contribution in [-0.2, 0) is 29.2 Å². The maximum atomic E-state index is 12.3. The van der Waals surface area contributed by atoms with E-state index in [0.717, 1.165) is 22.4 Å². The normalized spacial score (nSPS) is 10.8. The molecule has 0 aliphatic heterocycles. The number of hydrogen-bond acceptors (Lipinski definition) is 3. The van der Waals surface area contributed by atoms with E-state index in [1.54, 1.807) is 7.11 Å². The van der Waals surface area contributed by atoms with Crippen LogP contribution in [0.15, 0.2) is 54.6 Å². The number of carbonyl (C=O) groups excluding carboxylic acids is 1. The van der Waals surface area contributed by atoms with Crippen molar-refractivity contribution in [3.8, 4) is 0 Å². The summed E-state index contributed by atoms with van der Waals surface area (Å²) >= 11 is 0. The first-order chi connectivity index (χ1) is 11.3. The van der Waals surface area contributed by atoms with Gasteiger partial charge in [0, 0.05) is 13.7 Å². The third-order valence-electron chi connectivity index (χ3n) is 3.64. The van der Waals surface area contributed by atoms with E-state index in [0.29, 0.717) is 13.2 Å². The van der Waals surface area contributed by atoms with Crippen molar-refractivity contribution in [3.05, 3.63) is 66.0 Å². The second-order valence-corrected chi connectivity index (χ2v) is 5.30. The van der Waals surface area contributed by atoms with Crippen LogP contribution in [0.25, 0.3) is 11.0 Å². The number of benzene rings is 2. The third-order valence-corrected chi connectivity index (χ3v) is 3.64. The largest absolute Gasteiger partial charge is 0.377 e. The second-order valence-electron chi connectivity index (χ2n) is 5.30. The Morgan fingerprint density at radius 3 is 2.65 bits per heavy atom. The lowest BCUT2D eigenvalue weighted by atomic mass is 10.2. The van der Waals surface area contributed by atoms with Crippen LogP contribution in [0.1, 0.15) is 11.4 Å².